The van der Waals surface area contributed by atoms with Crippen LogP contribution in [0.15, 0.2) is 47.9 Å². The molecule has 2 unspecified atom stereocenters. The minimum atomic E-state index is -0.0369. The topological polar surface area (TPSA) is 61.0 Å². The van der Waals surface area contributed by atoms with Crippen LogP contribution in [-0.4, -0.2) is 23.1 Å². The van der Waals surface area contributed by atoms with Crippen molar-refractivity contribution >= 4 is 11.8 Å². The highest BCUT2D eigenvalue weighted by atomic mass is 32.2. The normalized spacial score (nSPS) is 13.8. The van der Waals surface area contributed by atoms with Gasteiger partial charge in [-0.3, -0.25) is 0 Å². The lowest BCUT2D eigenvalue weighted by Gasteiger charge is -2.21. The number of nitrogens with two attached hydrogens (primary N) is 1. The second-order valence-corrected chi connectivity index (χ2v) is 5.28. The van der Waals surface area contributed by atoms with Crippen LogP contribution in [0.4, 0.5) is 0 Å². The predicted octanol–water partition coefficient (Wildman–Crippen LogP) is 2.67. The van der Waals surface area contributed by atoms with E-state index in [1.807, 2.05) is 31.2 Å². The maximum atomic E-state index is 6.11. The van der Waals surface area contributed by atoms with Gasteiger partial charge in [-0.05, 0) is 19.1 Å². The zero-order valence-corrected chi connectivity index (χ0v) is 11.8. The van der Waals surface area contributed by atoms with Crippen LogP contribution in [0, 0.1) is 0 Å². The molecule has 0 spiro atoms. The van der Waals surface area contributed by atoms with Crippen LogP contribution in [0.1, 0.15) is 17.7 Å². The fraction of sp³-hybridized carbons (Fsp3) is 0.286. The molecule has 1 aromatic heterocycles. The van der Waals surface area contributed by atoms with Crippen LogP contribution in [0.3, 0.4) is 0 Å². The third-order valence-corrected chi connectivity index (χ3v) is 4.06. The summed E-state index contributed by atoms with van der Waals surface area (Å²) in [6.45, 7) is 1.98. The van der Waals surface area contributed by atoms with Crippen LogP contribution in [0.2, 0.25) is 0 Å². The number of thioether (sulfide) groups is 1. The smallest absolute Gasteiger partial charge is 0.188 e. The molecule has 4 nitrogen and oxygen atoms in total. The zero-order chi connectivity index (χ0) is 13.7. The molecule has 0 saturated carbocycles. The van der Waals surface area contributed by atoms with E-state index < -0.39 is 0 Å². The Morgan fingerprint density at radius 2 is 1.84 bits per heavy atom. The van der Waals surface area contributed by atoms with Gasteiger partial charge in [0.05, 0.1) is 12.4 Å². The molecule has 1 heterocycles. The van der Waals surface area contributed by atoms with Crippen molar-refractivity contribution in [3.63, 3.8) is 0 Å². The van der Waals surface area contributed by atoms with Gasteiger partial charge in [-0.25, -0.2) is 9.97 Å². The van der Waals surface area contributed by atoms with Crippen LogP contribution in [0.5, 0.6) is 5.75 Å². The maximum absolute atomic E-state index is 6.11. The Hall–Kier alpha value is -1.59. The van der Waals surface area contributed by atoms with E-state index in [2.05, 4.69) is 9.97 Å². The molecule has 2 aromatic rings. The lowest BCUT2D eigenvalue weighted by Crippen LogP contribution is -2.23. The maximum Gasteiger partial charge on any atom is 0.188 e. The molecule has 0 fully saturated rings. The Labute approximate surface area is 117 Å². The molecular weight excluding hydrogens is 258 g/mol. The first-order chi connectivity index (χ1) is 9.22. The fourth-order valence-corrected chi connectivity index (χ4v) is 2.82. The molecule has 0 aliphatic heterocycles. The number of rotatable bonds is 5. The van der Waals surface area contributed by atoms with E-state index in [9.17, 15) is 0 Å². The summed E-state index contributed by atoms with van der Waals surface area (Å²) >= 11 is 1.55. The van der Waals surface area contributed by atoms with E-state index in [4.69, 9.17) is 10.5 Å². The Morgan fingerprint density at radius 3 is 2.47 bits per heavy atom. The second kappa shape index (κ2) is 6.54. The molecule has 0 aliphatic rings. The third-order valence-electron chi connectivity index (χ3n) is 2.70. The number of hydrogen-bond donors (Lipinski definition) is 1. The van der Waals surface area contributed by atoms with E-state index in [1.165, 1.54) is 0 Å². The van der Waals surface area contributed by atoms with E-state index >= 15 is 0 Å². The molecule has 0 radical (unpaired) electrons. The van der Waals surface area contributed by atoms with Crippen LogP contribution >= 0.6 is 11.8 Å². The van der Waals surface area contributed by atoms with E-state index in [1.54, 1.807) is 37.3 Å². The summed E-state index contributed by atoms with van der Waals surface area (Å²) in [5, 5.41) is 0.772. The summed E-state index contributed by atoms with van der Waals surface area (Å²) in [6.07, 6.45) is 3.46. The van der Waals surface area contributed by atoms with Crippen LogP contribution < -0.4 is 10.5 Å². The summed E-state index contributed by atoms with van der Waals surface area (Å²) in [7, 11) is 1.67. The summed E-state index contributed by atoms with van der Waals surface area (Å²) < 4.78 is 5.40. The highest BCUT2D eigenvalue weighted by Gasteiger charge is 2.22. The molecule has 0 amide bonds. The van der Waals surface area contributed by atoms with Gasteiger partial charge in [-0.2, -0.15) is 0 Å². The summed E-state index contributed by atoms with van der Waals surface area (Å²) in [5.41, 5.74) is 7.18. The van der Waals surface area contributed by atoms with Crippen molar-refractivity contribution in [1.82, 2.24) is 9.97 Å². The number of aromatic nitrogens is 2. The van der Waals surface area contributed by atoms with Crippen molar-refractivity contribution in [3.8, 4) is 5.75 Å². The third kappa shape index (κ3) is 3.45. The van der Waals surface area contributed by atoms with Gasteiger partial charge in [0, 0.05) is 24.0 Å². The van der Waals surface area contributed by atoms with Gasteiger partial charge in [-0.1, -0.05) is 30.0 Å². The molecule has 2 rings (SSSR count). The Balaban J connectivity index is 2.30. The average Bonchev–Trinajstić information content (AvgIpc) is 2.45. The van der Waals surface area contributed by atoms with Gasteiger partial charge >= 0.3 is 0 Å². The Kier molecular flexibility index (Phi) is 4.76. The van der Waals surface area contributed by atoms with Crippen molar-refractivity contribution in [3.05, 3.63) is 48.3 Å². The van der Waals surface area contributed by atoms with Crippen LogP contribution in [0.25, 0.3) is 0 Å². The fourth-order valence-electron chi connectivity index (χ4n) is 1.82. The largest absolute Gasteiger partial charge is 0.496 e. The standard InChI is InChI=1S/C14H17N3OS/c1-10(15)13(19-14-16-8-5-9-17-14)11-6-3-4-7-12(11)18-2/h3-10,13H,15H2,1-2H3. The molecule has 5 heteroatoms. The van der Waals surface area contributed by atoms with Gasteiger partial charge in [0.1, 0.15) is 5.75 Å². The van der Waals surface area contributed by atoms with Crippen molar-refractivity contribution in [1.29, 1.82) is 0 Å². The number of para-hydroxylation sites is 1. The quantitative estimate of drug-likeness (QED) is 0.671. The van der Waals surface area contributed by atoms with Gasteiger partial charge in [0.15, 0.2) is 5.16 Å². The van der Waals surface area contributed by atoms with Crippen LogP contribution in [-0.2, 0) is 0 Å². The molecule has 2 atom stereocenters. The van der Waals surface area contributed by atoms with Gasteiger partial charge in [0.25, 0.3) is 0 Å². The highest BCUT2D eigenvalue weighted by Crippen LogP contribution is 2.39. The number of hydrogen-bond acceptors (Lipinski definition) is 5. The summed E-state index contributed by atoms with van der Waals surface area (Å²) in [5.74, 6) is 0.841. The summed E-state index contributed by atoms with van der Waals surface area (Å²) in [4.78, 5) is 8.47. The van der Waals surface area contributed by atoms with Crippen molar-refractivity contribution in [2.75, 3.05) is 7.11 Å². The van der Waals surface area contributed by atoms with Gasteiger partial charge in [-0.15, -0.1) is 0 Å². The molecule has 19 heavy (non-hydrogen) atoms. The zero-order valence-electron chi connectivity index (χ0n) is 11.0. The van der Waals surface area contributed by atoms with E-state index in [0.717, 1.165) is 16.5 Å². The molecule has 0 bridgehead atoms. The number of nitrogens with zero attached hydrogens (tertiary/aromatic N) is 2. The Morgan fingerprint density at radius 1 is 1.16 bits per heavy atom. The van der Waals surface area contributed by atoms with Crippen molar-refractivity contribution < 1.29 is 4.74 Å². The molecule has 0 saturated heterocycles. The van der Waals surface area contributed by atoms with Gasteiger partial charge in [0.2, 0.25) is 0 Å². The summed E-state index contributed by atoms with van der Waals surface area (Å²) in [6, 6.07) is 9.67. The number of benzene rings is 1. The molecule has 100 valence electrons. The molecule has 1 aromatic carbocycles. The molecule has 0 aliphatic carbocycles. The predicted molar refractivity (Wildman–Crippen MR) is 77.3 cm³/mol. The van der Waals surface area contributed by atoms with E-state index in [0.29, 0.717) is 0 Å². The minimum absolute atomic E-state index is 0.0369. The first-order valence-electron chi connectivity index (χ1n) is 6.04. The lowest BCUT2D eigenvalue weighted by molar-refractivity contribution is 0.408. The van der Waals surface area contributed by atoms with E-state index in [-0.39, 0.29) is 11.3 Å². The highest BCUT2D eigenvalue weighted by molar-refractivity contribution is 7.99. The first kappa shape index (κ1) is 13.8. The SMILES string of the molecule is COc1ccccc1C(Sc1ncccn1)C(C)N. The molecular formula is C14H17N3OS. The van der Waals surface area contributed by atoms with Gasteiger partial charge < -0.3 is 10.5 Å². The average molecular weight is 275 g/mol. The Bertz CT molecular complexity index is 519. The van der Waals surface area contributed by atoms with Crippen molar-refractivity contribution in [2.45, 2.75) is 23.4 Å². The van der Waals surface area contributed by atoms with Crippen molar-refractivity contribution in [2.24, 2.45) is 5.73 Å². The first-order valence-corrected chi connectivity index (χ1v) is 6.92. The lowest BCUT2D eigenvalue weighted by atomic mass is 10.1. The second-order valence-electron chi connectivity index (χ2n) is 4.17. The minimum Gasteiger partial charge on any atom is -0.496 e. The number of methoxy groups -OCH3 is 1. The monoisotopic (exact) mass is 275 g/mol. The number of ether oxygens (including phenoxy) is 1. The molecule has 2 N–H and O–H groups in total.